The van der Waals surface area contributed by atoms with Crippen LogP contribution in [0.15, 0.2) is 121 Å². The van der Waals surface area contributed by atoms with E-state index in [0.29, 0.717) is 5.39 Å². The van der Waals surface area contributed by atoms with E-state index in [0.717, 1.165) is 37.5 Å². The van der Waals surface area contributed by atoms with E-state index in [4.69, 9.17) is 0 Å². The standard InChI is InChI=1S/C31H30FNP/c32-30-20-13-21-31-29(30)22-24-33(31)23-11-4-12-25-34(26-14-5-1-6-15-26,27-16-7-2-8-17-27)28-18-9-3-10-19-28/h1-3,5-10,13-22,24H,4,11-12,23,25H2/q+1. The molecule has 1 heterocycles. The molecule has 0 saturated carbocycles. The van der Waals surface area contributed by atoms with Crippen LogP contribution in [-0.4, -0.2) is 10.7 Å². The van der Waals surface area contributed by atoms with Crippen molar-refractivity contribution >= 4 is 34.1 Å². The molecule has 0 atom stereocenters. The third-order valence-electron chi connectivity index (χ3n) is 6.74. The summed E-state index contributed by atoms with van der Waals surface area (Å²) < 4.78 is 16.2. The summed E-state index contributed by atoms with van der Waals surface area (Å²) in [6.45, 7) is 0.917. The summed E-state index contributed by atoms with van der Waals surface area (Å²) in [6.07, 6.45) is 6.54. The smallest absolute Gasteiger partial charge is 0.132 e. The topological polar surface area (TPSA) is 4.93 Å². The molecule has 3 heteroatoms. The van der Waals surface area contributed by atoms with E-state index < -0.39 is 7.26 Å². The number of unbranched alkanes of at least 4 members (excludes halogenated alkanes) is 2. The molecule has 0 aliphatic carbocycles. The fourth-order valence-electron chi connectivity index (χ4n) is 5.07. The highest BCUT2D eigenvalue weighted by molar-refractivity contribution is 7.95. The second-order valence-electron chi connectivity index (χ2n) is 8.78. The van der Waals surface area contributed by atoms with Gasteiger partial charge in [-0.25, -0.2) is 4.39 Å². The van der Waals surface area contributed by atoms with Crippen molar-refractivity contribution in [1.29, 1.82) is 0 Å². The van der Waals surface area contributed by atoms with E-state index in [9.17, 15) is 4.39 Å². The highest BCUT2D eigenvalue weighted by Crippen LogP contribution is 2.55. The average molecular weight is 467 g/mol. The Hall–Kier alpha value is -3.22. The molecule has 0 saturated heterocycles. The number of rotatable bonds is 9. The first kappa shape index (κ1) is 22.6. The van der Waals surface area contributed by atoms with Crippen molar-refractivity contribution in [3.63, 3.8) is 0 Å². The van der Waals surface area contributed by atoms with E-state index in [1.807, 2.05) is 18.3 Å². The lowest BCUT2D eigenvalue weighted by Gasteiger charge is -2.27. The molecule has 0 fully saturated rings. The van der Waals surface area contributed by atoms with Gasteiger partial charge >= 0.3 is 0 Å². The molecule has 5 aromatic rings. The summed E-state index contributed by atoms with van der Waals surface area (Å²) in [5, 5.41) is 5.04. The van der Waals surface area contributed by atoms with Gasteiger partial charge in [0.2, 0.25) is 0 Å². The highest BCUT2D eigenvalue weighted by atomic mass is 31.2. The number of fused-ring (bicyclic) bond motifs is 1. The fourth-order valence-corrected chi connectivity index (χ4v) is 9.48. The van der Waals surface area contributed by atoms with Crippen LogP contribution in [-0.2, 0) is 6.54 Å². The SMILES string of the molecule is Fc1cccc2c1ccn2CCCCC[P+](c1ccccc1)(c1ccccc1)c1ccccc1. The Kier molecular flexibility index (Phi) is 6.88. The quantitative estimate of drug-likeness (QED) is 0.164. The van der Waals surface area contributed by atoms with Crippen molar-refractivity contribution in [3.8, 4) is 0 Å². The molecule has 0 unspecified atom stereocenters. The van der Waals surface area contributed by atoms with Crippen LogP contribution in [0.4, 0.5) is 4.39 Å². The summed E-state index contributed by atoms with van der Waals surface area (Å²) in [7, 11) is -1.76. The molecule has 170 valence electrons. The minimum Gasteiger partial charge on any atom is -0.347 e. The Labute approximate surface area is 202 Å². The van der Waals surface area contributed by atoms with Crippen molar-refractivity contribution in [2.45, 2.75) is 25.8 Å². The van der Waals surface area contributed by atoms with E-state index in [-0.39, 0.29) is 5.82 Å². The van der Waals surface area contributed by atoms with Crippen LogP contribution < -0.4 is 15.9 Å². The monoisotopic (exact) mass is 466 g/mol. The molecular weight excluding hydrogens is 436 g/mol. The summed E-state index contributed by atoms with van der Waals surface area (Å²) in [5.41, 5.74) is 0.986. The first-order valence-corrected chi connectivity index (χ1v) is 14.0. The lowest BCUT2D eigenvalue weighted by molar-refractivity contribution is 0.616. The van der Waals surface area contributed by atoms with E-state index in [1.165, 1.54) is 22.0 Å². The number of hydrogen-bond donors (Lipinski definition) is 0. The minimum atomic E-state index is -1.76. The number of aryl methyl sites for hydroxylation is 1. The summed E-state index contributed by atoms with van der Waals surface area (Å²) in [5.74, 6) is -0.139. The maximum Gasteiger partial charge on any atom is 0.132 e. The van der Waals surface area contributed by atoms with Gasteiger partial charge in [0.25, 0.3) is 0 Å². The van der Waals surface area contributed by atoms with Gasteiger partial charge in [-0.2, -0.15) is 0 Å². The average Bonchev–Trinajstić information content (AvgIpc) is 3.32. The van der Waals surface area contributed by atoms with Gasteiger partial charge in [0.15, 0.2) is 0 Å². The van der Waals surface area contributed by atoms with Crippen LogP contribution >= 0.6 is 7.26 Å². The predicted molar refractivity (Wildman–Crippen MR) is 146 cm³/mol. The van der Waals surface area contributed by atoms with Crippen LogP contribution in [0, 0.1) is 5.82 Å². The lowest BCUT2D eigenvalue weighted by atomic mass is 10.2. The second-order valence-corrected chi connectivity index (χ2v) is 12.4. The van der Waals surface area contributed by atoms with Gasteiger partial charge in [0.1, 0.15) is 29.0 Å². The Morgan fingerprint density at radius 2 is 1.12 bits per heavy atom. The first-order valence-electron chi connectivity index (χ1n) is 12.1. The van der Waals surface area contributed by atoms with Crippen LogP contribution in [0.25, 0.3) is 10.9 Å². The third-order valence-corrected chi connectivity index (χ3v) is 11.3. The molecule has 0 radical (unpaired) electrons. The number of nitrogens with zero attached hydrogens (tertiary/aromatic N) is 1. The maximum absolute atomic E-state index is 14.0. The van der Waals surface area contributed by atoms with Gasteiger partial charge < -0.3 is 4.57 Å². The molecule has 1 nitrogen and oxygen atoms in total. The number of benzene rings is 4. The second kappa shape index (κ2) is 10.4. The summed E-state index contributed by atoms with van der Waals surface area (Å²) in [6, 6.07) is 40.5. The molecule has 34 heavy (non-hydrogen) atoms. The molecule has 4 aromatic carbocycles. The zero-order chi connectivity index (χ0) is 23.2. The molecule has 5 rings (SSSR count). The third kappa shape index (κ3) is 4.43. The zero-order valence-corrected chi connectivity index (χ0v) is 20.2. The fraction of sp³-hybridized carbons (Fsp3) is 0.161. The Morgan fingerprint density at radius 3 is 1.68 bits per heavy atom. The molecule has 0 spiro atoms. The largest absolute Gasteiger partial charge is 0.347 e. The van der Waals surface area contributed by atoms with Gasteiger partial charge in [-0.3, -0.25) is 0 Å². The Bertz CT molecular complexity index is 1230. The zero-order valence-electron chi connectivity index (χ0n) is 19.4. The predicted octanol–water partition coefficient (Wildman–Crippen LogP) is 6.94. The van der Waals surface area contributed by atoms with Gasteiger partial charge in [0, 0.05) is 18.1 Å². The highest BCUT2D eigenvalue weighted by Gasteiger charge is 2.44. The van der Waals surface area contributed by atoms with Crippen molar-refractivity contribution in [1.82, 2.24) is 4.57 Å². The van der Waals surface area contributed by atoms with Crippen molar-refractivity contribution < 1.29 is 4.39 Å². The molecule has 0 amide bonds. The molecular formula is C31H30FNP+. The van der Waals surface area contributed by atoms with E-state index >= 15 is 0 Å². The molecule has 0 aliphatic rings. The van der Waals surface area contributed by atoms with Gasteiger partial charge in [0.05, 0.1) is 11.7 Å². The van der Waals surface area contributed by atoms with Crippen molar-refractivity contribution in [2.75, 3.05) is 6.16 Å². The summed E-state index contributed by atoms with van der Waals surface area (Å²) >= 11 is 0. The van der Waals surface area contributed by atoms with Crippen LogP contribution in [0.2, 0.25) is 0 Å². The number of aromatic nitrogens is 1. The minimum absolute atomic E-state index is 0.139. The Morgan fingerprint density at radius 1 is 0.559 bits per heavy atom. The lowest BCUT2D eigenvalue weighted by Crippen LogP contribution is -2.33. The summed E-state index contributed by atoms with van der Waals surface area (Å²) in [4.78, 5) is 0. The Balaban J connectivity index is 1.38. The normalized spacial score (nSPS) is 11.7. The van der Waals surface area contributed by atoms with Crippen LogP contribution in [0.3, 0.4) is 0 Å². The molecule has 0 aliphatic heterocycles. The maximum atomic E-state index is 14.0. The van der Waals surface area contributed by atoms with E-state index in [2.05, 4.69) is 95.6 Å². The number of hydrogen-bond acceptors (Lipinski definition) is 0. The van der Waals surface area contributed by atoms with Crippen molar-refractivity contribution in [3.05, 3.63) is 127 Å². The van der Waals surface area contributed by atoms with Gasteiger partial charge in [-0.05, 0) is 73.9 Å². The molecule has 0 N–H and O–H groups in total. The van der Waals surface area contributed by atoms with E-state index in [1.54, 1.807) is 6.07 Å². The van der Waals surface area contributed by atoms with Crippen LogP contribution in [0.1, 0.15) is 19.3 Å². The molecule has 0 bridgehead atoms. The van der Waals surface area contributed by atoms with Gasteiger partial charge in [-0.15, -0.1) is 0 Å². The van der Waals surface area contributed by atoms with Gasteiger partial charge in [-0.1, -0.05) is 60.7 Å². The van der Waals surface area contributed by atoms with Crippen LogP contribution in [0.5, 0.6) is 0 Å². The van der Waals surface area contributed by atoms with Crippen molar-refractivity contribution in [2.24, 2.45) is 0 Å². The molecule has 1 aromatic heterocycles. The number of halogens is 1. The first-order chi connectivity index (χ1) is 16.8.